The van der Waals surface area contributed by atoms with E-state index in [2.05, 4.69) is 15.3 Å². The lowest BCUT2D eigenvalue weighted by Gasteiger charge is -2.08. The number of nitrogens with one attached hydrogen (secondary N) is 1. The topological polar surface area (TPSA) is 80.4 Å². The van der Waals surface area contributed by atoms with Gasteiger partial charge in [-0.1, -0.05) is 19.9 Å². The molecular formula is C13H18N4O. The van der Waals surface area contributed by atoms with E-state index < -0.39 is 0 Å². The van der Waals surface area contributed by atoms with Crippen LogP contribution in [0.3, 0.4) is 0 Å². The zero-order chi connectivity index (χ0) is 13.5. The van der Waals surface area contributed by atoms with Crippen molar-refractivity contribution < 1.29 is 4.79 Å². The van der Waals surface area contributed by atoms with Crippen LogP contribution in [-0.4, -0.2) is 24.2 Å². The molecule has 0 aromatic carbocycles. The first-order valence-corrected chi connectivity index (χ1v) is 5.70. The van der Waals surface area contributed by atoms with Crippen LogP contribution >= 0.6 is 0 Å². The van der Waals surface area contributed by atoms with Gasteiger partial charge in [0, 0.05) is 25.2 Å². The molecule has 1 heterocycles. The molecule has 1 aromatic rings. The summed E-state index contributed by atoms with van der Waals surface area (Å²) in [5.41, 5.74) is 6.58. The molecule has 0 bridgehead atoms. The Labute approximate surface area is 107 Å². The molecule has 18 heavy (non-hydrogen) atoms. The summed E-state index contributed by atoms with van der Waals surface area (Å²) in [6.07, 6.45) is 2.62. The van der Waals surface area contributed by atoms with Gasteiger partial charge in [-0.2, -0.15) is 0 Å². The third kappa shape index (κ3) is 3.69. The molecule has 3 N–H and O–H groups in total. The lowest BCUT2D eigenvalue weighted by Crippen LogP contribution is -2.17. The largest absolute Gasteiger partial charge is 0.404 e. The van der Waals surface area contributed by atoms with E-state index in [4.69, 9.17) is 5.73 Å². The molecule has 0 fully saturated rings. The van der Waals surface area contributed by atoms with Gasteiger partial charge in [-0.15, -0.1) is 0 Å². The minimum absolute atomic E-state index is 0.300. The van der Waals surface area contributed by atoms with Crippen molar-refractivity contribution in [1.29, 1.82) is 0 Å². The molecule has 0 aliphatic heterocycles. The fourth-order valence-corrected chi connectivity index (χ4v) is 1.35. The standard InChI is InChI=1S/C13H18N4O/c1-9(2)11-5-4-6-12(16-11)17-13(18)10(7-14)8-15-3/h4-9H,14H2,1-3H3,(H,16,17,18). The molecule has 96 valence electrons. The number of anilines is 1. The van der Waals surface area contributed by atoms with E-state index in [1.54, 1.807) is 13.1 Å². The Kier molecular flexibility index (Phi) is 5.05. The average Bonchev–Trinajstić information content (AvgIpc) is 2.36. The van der Waals surface area contributed by atoms with Gasteiger partial charge < -0.3 is 11.1 Å². The molecule has 0 saturated heterocycles. The predicted molar refractivity (Wildman–Crippen MR) is 73.6 cm³/mol. The van der Waals surface area contributed by atoms with Crippen molar-refractivity contribution in [2.45, 2.75) is 19.8 Å². The fourth-order valence-electron chi connectivity index (χ4n) is 1.35. The van der Waals surface area contributed by atoms with Crippen LogP contribution in [0.15, 0.2) is 35.0 Å². The molecule has 1 aromatic heterocycles. The van der Waals surface area contributed by atoms with Gasteiger partial charge in [-0.05, 0) is 18.1 Å². The highest BCUT2D eigenvalue weighted by Crippen LogP contribution is 2.14. The number of amides is 1. The summed E-state index contributed by atoms with van der Waals surface area (Å²) in [7, 11) is 1.58. The van der Waals surface area contributed by atoms with Crippen LogP contribution in [-0.2, 0) is 4.79 Å². The third-order valence-corrected chi connectivity index (χ3v) is 2.31. The molecule has 0 saturated carbocycles. The van der Waals surface area contributed by atoms with E-state index in [1.165, 1.54) is 12.4 Å². The minimum atomic E-state index is -0.323. The minimum Gasteiger partial charge on any atom is -0.404 e. The van der Waals surface area contributed by atoms with Gasteiger partial charge in [0.15, 0.2) is 0 Å². The van der Waals surface area contributed by atoms with Crippen molar-refractivity contribution in [3.63, 3.8) is 0 Å². The van der Waals surface area contributed by atoms with Crippen LogP contribution in [0.2, 0.25) is 0 Å². The van der Waals surface area contributed by atoms with Gasteiger partial charge in [0.05, 0.1) is 5.57 Å². The first-order chi connectivity index (χ1) is 8.58. The van der Waals surface area contributed by atoms with Gasteiger partial charge in [-0.3, -0.25) is 9.79 Å². The van der Waals surface area contributed by atoms with E-state index in [0.29, 0.717) is 17.3 Å². The maximum absolute atomic E-state index is 11.8. The Bertz CT molecular complexity index is 478. The number of nitrogens with two attached hydrogens (primary N) is 1. The number of rotatable bonds is 4. The maximum Gasteiger partial charge on any atom is 0.259 e. The predicted octanol–water partition coefficient (Wildman–Crippen LogP) is 1.69. The first-order valence-electron chi connectivity index (χ1n) is 5.70. The van der Waals surface area contributed by atoms with E-state index in [9.17, 15) is 4.79 Å². The summed E-state index contributed by atoms with van der Waals surface area (Å²) in [5, 5.41) is 2.68. The third-order valence-electron chi connectivity index (χ3n) is 2.31. The fraction of sp³-hybridized carbons (Fsp3) is 0.308. The summed E-state index contributed by atoms with van der Waals surface area (Å²) >= 11 is 0. The number of aromatic nitrogens is 1. The van der Waals surface area contributed by atoms with Crippen LogP contribution in [0.1, 0.15) is 25.5 Å². The molecule has 0 radical (unpaired) electrons. The summed E-state index contributed by atoms with van der Waals surface area (Å²) in [4.78, 5) is 19.9. The van der Waals surface area contributed by atoms with Gasteiger partial charge >= 0.3 is 0 Å². The Balaban J connectivity index is 2.85. The quantitative estimate of drug-likeness (QED) is 0.626. The molecular weight excluding hydrogens is 228 g/mol. The van der Waals surface area contributed by atoms with Crippen molar-refractivity contribution in [2.24, 2.45) is 10.7 Å². The molecule has 0 aliphatic carbocycles. The molecule has 1 rings (SSSR count). The van der Waals surface area contributed by atoms with Crippen LogP contribution < -0.4 is 11.1 Å². The van der Waals surface area contributed by atoms with Gasteiger partial charge in [0.2, 0.25) is 0 Å². The second kappa shape index (κ2) is 6.54. The van der Waals surface area contributed by atoms with Crippen LogP contribution in [0, 0.1) is 0 Å². The van der Waals surface area contributed by atoms with Gasteiger partial charge in [0.25, 0.3) is 5.91 Å². The highest BCUT2D eigenvalue weighted by Gasteiger charge is 2.08. The van der Waals surface area contributed by atoms with Gasteiger partial charge in [0.1, 0.15) is 5.82 Å². The van der Waals surface area contributed by atoms with E-state index in [-0.39, 0.29) is 5.91 Å². The number of pyridine rings is 1. The Morgan fingerprint density at radius 3 is 2.78 bits per heavy atom. The molecule has 1 amide bonds. The summed E-state index contributed by atoms with van der Waals surface area (Å²) in [6.45, 7) is 4.09. The van der Waals surface area contributed by atoms with Gasteiger partial charge in [-0.25, -0.2) is 4.98 Å². The van der Waals surface area contributed by atoms with Crippen molar-refractivity contribution in [3.8, 4) is 0 Å². The highest BCUT2D eigenvalue weighted by atomic mass is 16.1. The summed E-state index contributed by atoms with van der Waals surface area (Å²) in [6, 6.07) is 5.52. The highest BCUT2D eigenvalue weighted by molar-refractivity contribution is 6.17. The SMILES string of the molecule is CN=CC(=CN)C(=O)Nc1cccc(C(C)C)n1. The Hall–Kier alpha value is -2.17. The number of aliphatic imine (C=N–C) groups is 1. The number of nitrogens with zero attached hydrogens (tertiary/aromatic N) is 2. The van der Waals surface area contributed by atoms with E-state index in [1.807, 2.05) is 26.0 Å². The van der Waals surface area contributed by atoms with Crippen molar-refractivity contribution >= 4 is 17.9 Å². The Morgan fingerprint density at radius 1 is 1.50 bits per heavy atom. The second-order valence-corrected chi connectivity index (χ2v) is 4.07. The summed E-state index contributed by atoms with van der Waals surface area (Å²) in [5.74, 6) is 0.495. The second-order valence-electron chi connectivity index (χ2n) is 4.07. The smallest absolute Gasteiger partial charge is 0.259 e. The zero-order valence-corrected chi connectivity index (χ0v) is 10.8. The molecule has 5 heteroatoms. The van der Waals surface area contributed by atoms with E-state index in [0.717, 1.165) is 5.69 Å². The average molecular weight is 246 g/mol. The summed E-state index contributed by atoms with van der Waals surface area (Å²) < 4.78 is 0. The molecule has 5 nitrogen and oxygen atoms in total. The molecule has 0 spiro atoms. The monoisotopic (exact) mass is 246 g/mol. The number of carbonyl (C=O) groups is 1. The van der Waals surface area contributed by atoms with E-state index >= 15 is 0 Å². The van der Waals surface area contributed by atoms with Crippen LogP contribution in [0.5, 0.6) is 0 Å². The number of hydrogen-bond acceptors (Lipinski definition) is 4. The van der Waals surface area contributed by atoms with Crippen LogP contribution in [0.25, 0.3) is 0 Å². The number of hydrogen-bond donors (Lipinski definition) is 2. The van der Waals surface area contributed by atoms with Crippen molar-refractivity contribution in [2.75, 3.05) is 12.4 Å². The first kappa shape index (κ1) is 13.9. The van der Waals surface area contributed by atoms with Crippen molar-refractivity contribution in [3.05, 3.63) is 35.7 Å². The molecule has 0 atom stereocenters. The lowest BCUT2D eigenvalue weighted by atomic mass is 10.1. The molecule has 0 aliphatic rings. The normalized spacial score (nSPS) is 12.1. The number of carbonyl (C=O) groups excluding carboxylic acids is 1. The Morgan fingerprint density at radius 2 is 2.22 bits per heavy atom. The zero-order valence-electron chi connectivity index (χ0n) is 10.8. The van der Waals surface area contributed by atoms with Crippen LogP contribution in [0.4, 0.5) is 5.82 Å². The lowest BCUT2D eigenvalue weighted by molar-refractivity contribution is -0.112. The molecule has 0 unspecified atom stereocenters. The van der Waals surface area contributed by atoms with Crippen molar-refractivity contribution in [1.82, 2.24) is 4.98 Å². The maximum atomic E-state index is 11.8.